The van der Waals surface area contributed by atoms with Crippen LogP contribution in [0, 0.1) is 5.82 Å². The predicted molar refractivity (Wildman–Crippen MR) is 91.4 cm³/mol. The lowest BCUT2D eigenvalue weighted by Gasteiger charge is -2.18. The van der Waals surface area contributed by atoms with Crippen molar-refractivity contribution in [1.82, 2.24) is 5.32 Å². The minimum absolute atomic E-state index is 0.0723. The zero-order valence-corrected chi connectivity index (χ0v) is 14.0. The molecule has 3 rings (SSSR count). The number of hydrogen-bond donors (Lipinski definition) is 1. The standard InChI is InChI=1S/C17H15BrFNS/c1-2-20-17(11-7-8-15(19)14(18)9-11)13-10-21-16-6-4-3-5-12(13)16/h3-10,17,20H,2H2,1H3. The van der Waals surface area contributed by atoms with Gasteiger partial charge in [0.15, 0.2) is 0 Å². The Morgan fingerprint density at radius 1 is 1.24 bits per heavy atom. The molecular formula is C17H15BrFNS. The molecule has 0 saturated carbocycles. The molecule has 0 fully saturated rings. The van der Waals surface area contributed by atoms with Gasteiger partial charge in [-0.25, -0.2) is 4.39 Å². The third-order valence-electron chi connectivity index (χ3n) is 3.51. The van der Waals surface area contributed by atoms with Crippen LogP contribution in [0.5, 0.6) is 0 Å². The molecule has 1 aromatic heterocycles. The number of hydrogen-bond acceptors (Lipinski definition) is 2. The van der Waals surface area contributed by atoms with E-state index < -0.39 is 0 Å². The van der Waals surface area contributed by atoms with Crippen LogP contribution in [0.1, 0.15) is 24.1 Å². The van der Waals surface area contributed by atoms with E-state index in [1.807, 2.05) is 12.1 Å². The topological polar surface area (TPSA) is 12.0 Å². The first-order valence-electron chi connectivity index (χ1n) is 6.85. The van der Waals surface area contributed by atoms with Crippen LogP contribution in [0.15, 0.2) is 52.3 Å². The minimum atomic E-state index is -0.232. The van der Waals surface area contributed by atoms with Crippen molar-refractivity contribution in [2.24, 2.45) is 0 Å². The van der Waals surface area contributed by atoms with Crippen molar-refractivity contribution in [3.63, 3.8) is 0 Å². The zero-order valence-electron chi connectivity index (χ0n) is 11.6. The largest absolute Gasteiger partial charge is 0.306 e. The molecular weight excluding hydrogens is 349 g/mol. The van der Waals surface area contributed by atoms with Gasteiger partial charge in [-0.2, -0.15) is 0 Å². The molecule has 2 aromatic carbocycles. The first-order valence-corrected chi connectivity index (χ1v) is 8.52. The molecule has 0 radical (unpaired) electrons. The van der Waals surface area contributed by atoms with Crippen LogP contribution in [0.25, 0.3) is 10.1 Å². The maximum absolute atomic E-state index is 13.5. The Morgan fingerprint density at radius 3 is 2.81 bits per heavy atom. The van der Waals surface area contributed by atoms with E-state index in [9.17, 15) is 4.39 Å². The Bertz CT molecular complexity index is 768. The molecule has 1 N–H and O–H groups in total. The van der Waals surface area contributed by atoms with E-state index >= 15 is 0 Å². The van der Waals surface area contributed by atoms with E-state index in [4.69, 9.17) is 0 Å². The highest BCUT2D eigenvalue weighted by molar-refractivity contribution is 9.10. The van der Waals surface area contributed by atoms with Crippen LogP contribution in [0.3, 0.4) is 0 Å². The average molecular weight is 364 g/mol. The summed E-state index contributed by atoms with van der Waals surface area (Å²) in [6.45, 7) is 2.93. The van der Waals surface area contributed by atoms with Crippen molar-refractivity contribution in [2.75, 3.05) is 6.54 Å². The van der Waals surface area contributed by atoms with E-state index in [2.05, 4.69) is 57.8 Å². The molecule has 108 valence electrons. The summed E-state index contributed by atoms with van der Waals surface area (Å²) < 4.78 is 15.3. The second-order valence-electron chi connectivity index (χ2n) is 4.85. The maximum Gasteiger partial charge on any atom is 0.137 e. The van der Waals surface area contributed by atoms with E-state index in [-0.39, 0.29) is 11.9 Å². The summed E-state index contributed by atoms with van der Waals surface area (Å²) in [5, 5.41) is 6.95. The van der Waals surface area contributed by atoms with Gasteiger partial charge in [0, 0.05) is 4.70 Å². The molecule has 0 aliphatic rings. The Balaban J connectivity index is 2.11. The van der Waals surface area contributed by atoms with Gasteiger partial charge >= 0.3 is 0 Å². The van der Waals surface area contributed by atoms with Crippen molar-refractivity contribution < 1.29 is 4.39 Å². The summed E-state index contributed by atoms with van der Waals surface area (Å²) in [5.41, 5.74) is 2.31. The smallest absolute Gasteiger partial charge is 0.137 e. The Morgan fingerprint density at radius 2 is 2.05 bits per heavy atom. The van der Waals surface area contributed by atoms with Gasteiger partial charge in [0.25, 0.3) is 0 Å². The van der Waals surface area contributed by atoms with E-state index in [1.165, 1.54) is 21.7 Å². The van der Waals surface area contributed by atoms with Crippen LogP contribution in [0.4, 0.5) is 4.39 Å². The number of thiophene rings is 1. The fraction of sp³-hybridized carbons (Fsp3) is 0.176. The molecule has 1 heterocycles. The molecule has 0 amide bonds. The summed E-state index contributed by atoms with van der Waals surface area (Å²) in [5.74, 6) is -0.232. The van der Waals surface area contributed by atoms with Crippen molar-refractivity contribution in [3.05, 3.63) is 69.3 Å². The number of nitrogens with one attached hydrogen (secondary N) is 1. The molecule has 0 aliphatic carbocycles. The van der Waals surface area contributed by atoms with E-state index in [0.717, 1.165) is 12.1 Å². The third kappa shape index (κ3) is 2.89. The summed E-state index contributed by atoms with van der Waals surface area (Å²) in [7, 11) is 0. The second-order valence-corrected chi connectivity index (χ2v) is 6.62. The van der Waals surface area contributed by atoms with Gasteiger partial charge in [-0.3, -0.25) is 0 Å². The average Bonchev–Trinajstić information content (AvgIpc) is 2.92. The van der Waals surface area contributed by atoms with Gasteiger partial charge < -0.3 is 5.32 Å². The maximum atomic E-state index is 13.5. The minimum Gasteiger partial charge on any atom is -0.306 e. The Labute approximate surface area is 135 Å². The van der Waals surface area contributed by atoms with Gasteiger partial charge in [-0.05, 0) is 62.6 Å². The highest BCUT2D eigenvalue weighted by atomic mass is 79.9. The van der Waals surface area contributed by atoms with E-state index in [1.54, 1.807) is 11.3 Å². The van der Waals surface area contributed by atoms with Crippen LogP contribution >= 0.6 is 27.3 Å². The Hall–Kier alpha value is -1.23. The monoisotopic (exact) mass is 363 g/mol. The van der Waals surface area contributed by atoms with Gasteiger partial charge in [0.2, 0.25) is 0 Å². The summed E-state index contributed by atoms with van der Waals surface area (Å²) in [6, 6.07) is 13.7. The molecule has 0 saturated heterocycles. The Kier molecular flexibility index (Phi) is 4.38. The fourth-order valence-corrected chi connectivity index (χ4v) is 3.91. The third-order valence-corrected chi connectivity index (χ3v) is 5.10. The molecule has 1 nitrogen and oxygen atoms in total. The normalized spacial score (nSPS) is 12.7. The molecule has 1 unspecified atom stereocenters. The van der Waals surface area contributed by atoms with Gasteiger partial charge in [0.1, 0.15) is 5.82 Å². The number of halogens is 2. The molecule has 0 bridgehead atoms. The fourth-order valence-electron chi connectivity index (χ4n) is 2.53. The SMILES string of the molecule is CCNC(c1ccc(F)c(Br)c1)c1csc2ccccc12. The highest BCUT2D eigenvalue weighted by Crippen LogP contribution is 2.34. The van der Waals surface area contributed by atoms with Crippen molar-refractivity contribution in [3.8, 4) is 0 Å². The molecule has 1 atom stereocenters. The van der Waals surface area contributed by atoms with Gasteiger partial charge in [0.05, 0.1) is 10.5 Å². The van der Waals surface area contributed by atoms with Crippen LogP contribution in [-0.2, 0) is 0 Å². The molecule has 0 aliphatic heterocycles. The van der Waals surface area contributed by atoms with E-state index in [0.29, 0.717) is 4.47 Å². The van der Waals surface area contributed by atoms with Gasteiger partial charge in [-0.1, -0.05) is 31.2 Å². The first-order chi connectivity index (χ1) is 10.2. The molecule has 3 aromatic rings. The predicted octanol–water partition coefficient (Wildman–Crippen LogP) is 5.50. The van der Waals surface area contributed by atoms with Crippen molar-refractivity contribution in [2.45, 2.75) is 13.0 Å². The summed E-state index contributed by atoms with van der Waals surface area (Å²) in [6.07, 6.45) is 0. The lowest BCUT2D eigenvalue weighted by molar-refractivity contribution is 0.610. The zero-order chi connectivity index (χ0) is 14.8. The first kappa shape index (κ1) is 14.7. The lowest BCUT2D eigenvalue weighted by Crippen LogP contribution is -2.21. The summed E-state index contributed by atoms with van der Waals surface area (Å²) >= 11 is 5.02. The second kappa shape index (κ2) is 6.26. The van der Waals surface area contributed by atoms with Crippen LogP contribution < -0.4 is 5.32 Å². The number of rotatable bonds is 4. The summed E-state index contributed by atoms with van der Waals surface area (Å²) in [4.78, 5) is 0. The lowest BCUT2D eigenvalue weighted by atomic mass is 9.98. The molecule has 0 spiro atoms. The highest BCUT2D eigenvalue weighted by Gasteiger charge is 2.18. The quantitative estimate of drug-likeness (QED) is 0.644. The number of fused-ring (bicyclic) bond motifs is 1. The van der Waals surface area contributed by atoms with Crippen LogP contribution in [-0.4, -0.2) is 6.54 Å². The molecule has 4 heteroatoms. The van der Waals surface area contributed by atoms with Crippen molar-refractivity contribution >= 4 is 37.4 Å². The van der Waals surface area contributed by atoms with Crippen LogP contribution in [0.2, 0.25) is 0 Å². The molecule has 21 heavy (non-hydrogen) atoms. The van der Waals surface area contributed by atoms with Gasteiger partial charge in [-0.15, -0.1) is 11.3 Å². The number of benzene rings is 2. The van der Waals surface area contributed by atoms with Crippen molar-refractivity contribution in [1.29, 1.82) is 0 Å².